The van der Waals surface area contributed by atoms with Crippen molar-refractivity contribution in [1.82, 2.24) is 4.90 Å². The number of imide groups is 1. The third-order valence-corrected chi connectivity index (χ3v) is 6.41. The Morgan fingerprint density at radius 1 is 0.938 bits per heavy atom. The molecular weight excluding hydrogens is 472 g/mol. The topological polar surface area (TPSA) is 46.6 Å². The zero-order valence-electron chi connectivity index (χ0n) is 16.6. The molecule has 1 heterocycles. The quantitative estimate of drug-likeness (QED) is 0.353. The molecule has 0 saturated carbocycles. The molecule has 0 bridgehead atoms. The van der Waals surface area contributed by atoms with Gasteiger partial charge in [-0.25, -0.2) is 4.39 Å². The van der Waals surface area contributed by atoms with Crippen LogP contribution < -0.4 is 4.74 Å². The first-order valence-corrected chi connectivity index (χ1v) is 11.1. The van der Waals surface area contributed by atoms with E-state index in [2.05, 4.69) is 0 Å². The van der Waals surface area contributed by atoms with Gasteiger partial charge in [-0.2, -0.15) is 0 Å². The van der Waals surface area contributed by atoms with E-state index < -0.39 is 17.0 Å². The predicted molar refractivity (Wildman–Crippen MR) is 125 cm³/mol. The van der Waals surface area contributed by atoms with Gasteiger partial charge in [0.2, 0.25) is 0 Å². The molecule has 0 spiro atoms. The molecule has 0 unspecified atom stereocenters. The fourth-order valence-electron chi connectivity index (χ4n) is 3.07. The molecule has 162 valence electrons. The summed E-state index contributed by atoms with van der Waals surface area (Å²) in [6.07, 6.45) is 1.62. The Labute approximate surface area is 198 Å². The van der Waals surface area contributed by atoms with E-state index in [9.17, 15) is 14.0 Å². The molecule has 1 saturated heterocycles. The van der Waals surface area contributed by atoms with Crippen molar-refractivity contribution in [2.75, 3.05) is 0 Å². The Morgan fingerprint density at radius 2 is 1.66 bits per heavy atom. The zero-order chi connectivity index (χ0) is 22.7. The van der Waals surface area contributed by atoms with Gasteiger partial charge in [0.1, 0.15) is 18.2 Å². The van der Waals surface area contributed by atoms with Crippen molar-refractivity contribution in [2.24, 2.45) is 0 Å². The lowest BCUT2D eigenvalue weighted by Gasteiger charge is -2.14. The largest absolute Gasteiger partial charge is 0.489 e. The molecule has 3 aromatic rings. The maximum absolute atomic E-state index is 14.1. The number of nitrogens with zero attached hydrogens (tertiary/aromatic N) is 1. The van der Waals surface area contributed by atoms with Crippen LogP contribution in [0.2, 0.25) is 10.0 Å². The predicted octanol–water partition coefficient (Wildman–Crippen LogP) is 6.95. The minimum atomic E-state index is -0.562. The second-order valence-electron chi connectivity index (χ2n) is 6.92. The Hall–Kier alpha value is -2.80. The van der Waals surface area contributed by atoms with E-state index in [0.29, 0.717) is 17.4 Å². The van der Waals surface area contributed by atoms with Gasteiger partial charge in [-0.1, -0.05) is 59.6 Å². The smallest absolute Gasteiger partial charge is 0.293 e. The number of thioether (sulfide) groups is 1. The summed E-state index contributed by atoms with van der Waals surface area (Å²) in [5.41, 5.74) is 1.71. The highest BCUT2D eigenvalue weighted by Gasteiger charge is 2.35. The molecule has 0 aromatic heterocycles. The lowest BCUT2D eigenvalue weighted by atomic mass is 10.2. The minimum Gasteiger partial charge on any atom is -0.489 e. The molecule has 0 N–H and O–H groups in total. The van der Waals surface area contributed by atoms with Gasteiger partial charge in [-0.3, -0.25) is 14.5 Å². The van der Waals surface area contributed by atoms with Crippen molar-refractivity contribution in [1.29, 1.82) is 0 Å². The minimum absolute atomic E-state index is 0.109. The SMILES string of the molecule is O=C1S/C(=C/c2ccc(OCc3ccccc3Cl)cc2)C(=O)N1Cc1c(F)cccc1Cl. The Morgan fingerprint density at radius 3 is 2.38 bits per heavy atom. The van der Waals surface area contributed by atoms with Gasteiger partial charge in [0, 0.05) is 21.2 Å². The van der Waals surface area contributed by atoms with Crippen LogP contribution in [0.5, 0.6) is 5.75 Å². The highest BCUT2D eigenvalue weighted by atomic mass is 35.5. The highest BCUT2D eigenvalue weighted by Crippen LogP contribution is 2.34. The van der Waals surface area contributed by atoms with Crippen LogP contribution in [0.25, 0.3) is 6.08 Å². The van der Waals surface area contributed by atoms with Crippen molar-refractivity contribution in [2.45, 2.75) is 13.2 Å². The van der Waals surface area contributed by atoms with Gasteiger partial charge >= 0.3 is 0 Å². The summed E-state index contributed by atoms with van der Waals surface area (Å²) in [6, 6.07) is 18.8. The van der Waals surface area contributed by atoms with Crippen molar-refractivity contribution in [3.63, 3.8) is 0 Å². The number of hydrogen-bond donors (Lipinski definition) is 0. The maximum Gasteiger partial charge on any atom is 0.293 e. The molecule has 4 nitrogen and oxygen atoms in total. The molecule has 2 amide bonds. The molecule has 1 aliphatic rings. The Kier molecular flexibility index (Phi) is 6.84. The van der Waals surface area contributed by atoms with Crippen LogP contribution in [0, 0.1) is 5.82 Å². The van der Waals surface area contributed by atoms with Crippen LogP contribution in [-0.2, 0) is 17.9 Å². The third kappa shape index (κ3) is 4.99. The molecule has 1 fully saturated rings. The van der Waals surface area contributed by atoms with Crippen molar-refractivity contribution >= 4 is 52.2 Å². The van der Waals surface area contributed by atoms with Gasteiger partial charge < -0.3 is 4.74 Å². The first kappa shape index (κ1) is 22.4. The second kappa shape index (κ2) is 9.77. The molecule has 1 aliphatic heterocycles. The average molecular weight is 488 g/mol. The van der Waals surface area contributed by atoms with Crippen molar-refractivity contribution in [3.05, 3.63) is 104 Å². The summed E-state index contributed by atoms with van der Waals surface area (Å²) in [5.74, 6) is -0.407. The monoisotopic (exact) mass is 487 g/mol. The Balaban J connectivity index is 1.44. The highest BCUT2D eigenvalue weighted by molar-refractivity contribution is 8.18. The summed E-state index contributed by atoms with van der Waals surface area (Å²) in [4.78, 5) is 26.3. The van der Waals surface area contributed by atoms with Crippen molar-refractivity contribution in [3.8, 4) is 5.75 Å². The summed E-state index contributed by atoms with van der Waals surface area (Å²) in [7, 11) is 0. The summed E-state index contributed by atoms with van der Waals surface area (Å²) in [5, 5.41) is 0.331. The number of rotatable bonds is 6. The van der Waals surface area contributed by atoms with Gasteiger partial charge in [-0.15, -0.1) is 0 Å². The van der Waals surface area contributed by atoms with E-state index in [0.717, 1.165) is 27.8 Å². The normalized spacial score (nSPS) is 15.0. The molecule has 4 rings (SSSR count). The van der Waals surface area contributed by atoms with E-state index in [4.69, 9.17) is 27.9 Å². The van der Waals surface area contributed by atoms with E-state index in [1.165, 1.54) is 18.2 Å². The fraction of sp³-hybridized carbons (Fsp3) is 0.0833. The molecule has 0 atom stereocenters. The van der Waals surface area contributed by atoms with E-state index >= 15 is 0 Å². The van der Waals surface area contributed by atoms with Crippen LogP contribution in [-0.4, -0.2) is 16.0 Å². The van der Waals surface area contributed by atoms with Crippen LogP contribution in [0.3, 0.4) is 0 Å². The number of ether oxygens (including phenoxy) is 1. The van der Waals surface area contributed by atoms with Crippen LogP contribution >= 0.6 is 35.0 Å². The van der Waals surface area contributed by atoms with Gasteiger partial charge in [0.25, 0.3) is 11.1 Å². The summed E-state index contributed by atoms with van der Waals surface area (Å²) < 4.78 is 19.8. The van der Waals surface area contributed by atoms with E-state index in [1.54, 1.807) is 36.4 Å². The van der Waals surface area contributed by atoms with Gasteiger partial charge in [0.05, 0.1) is 11.4 Å². The maximum atomic E-state index is 14.1. The van der Waals surface area contributed by atoms with E-state index in [-0.39, 0.29) is 22.0 Å². The molecule has 8 heteroatoms. The summed E-state index contributed by atoms with van der Waals surface area (Å²) >= 11 is 13.0. The van der Waals surface area contributed by atoms with Crippen molar-refractivity contribution < 1.29 is 18.7 Å². The zero-order valence-corrected chi connectivity index (χ0v) is 18.9. The fourth-order valence-corrected chi connectivity index (χ4v) is 4.32. The summed E-state index contributed by atoms with van der Waals surface area (Å²) in [6.45, 7) is 0.110. The lowest BCUT2D eigenvalue weighted by molar-refractivity contribution is -0.123. The number of hydrogen-bond acceptors (Lipinski definition) is 4. The van der Waals surface area contributed by atoms with Gasteiger partial charge in [-0.05, 0) is 53.7 Å². The molecule has 0 radical (unpaired) electrons. The first-order chi connectivity index (χ1) is 15.4. The van der Waals surface area contributed by atoms with Crippen LogP contribution in [0.1, 0.15) is 16.7 Å². The number of halogens is 3. The number of amides is 2. The van der Waals surface area contributed by atoms with Crippen LogP contribution in [0.4, 0.5) is 9.18 Å². The average Bonchev–Trinajstić information content (AvgIpc) is 3.04. The number of carbonyl (C=O) groups excluding carboxylic acids is 2. The molecule has 0 aliphatic carbocycles. The first-order valence-electron chi connectivity index (χ1n) is 9.57. The lowest BCUT2D eigenvalue weighted by Crippen LogP contribution is -2.28. The number of carbonyl (C=O) groups is 2. The third-order valence-electron chi connectivity index (χ3n) is 4.78. The van der Waals surface area contributed by atoms with Gasteiger partial charge in [0.15, 0.2) is 0 Å². The molecule has 32 heavy (non-hydrogen) atoms. The van der Waals surface area contributed by atoms with E-state index in [1.807, 2.05) is 18.2 Å². The second-order valence-corrected chi connectivity index (χ2v) is 8.72. The standard InChI is InChI=1S/C24H16Cl2FNO3S/c25-19-5-2-1-4-16(19)14-31-17-10-8-15(9-11-17)12-22-23(29)28(24(30)32-22)13-18-20(26)6-3-7-21(18)27/h1-12H,13-14H2/b22-12+. The number of benzene rings is 3. The van der Waals surface area contributed by atoms with Crippen LogP contribution in [0.15, 0.2) is 71.6 Å². The molecule has 3 aromatic carbocycles. The molecular formula is C24H16Cl2FNO3S. The Bertz CT molecular complexity index is 1190.